The fourth-order valence-electron chi connectivity index (χ4n) is 2.20. The van der Waals surface area contributed by atoms with Gasteiger partial charge in [0.05, 0.1) is 12.7 Å². The zero-order valence-electron chi connectivity index (χ0n) is 10.4. The molecule has 2 fully saturated rings. The van der Waals surface area contributed by atoms with E-state index in [2.05, 4.69) is 13.8 Å². The van der Waals surface area contributed by atoms with Crippen molar-refractivity contribution in [1.82, 2.24) is 4.90 Å². The Hall–Kier alpha value is -0.570. The van der Waals surface area contributed by atoms with Gasteiger partial charge in [-0.15, -0.1) is 0 Å². The molecule has 1 unspecified atom stereocenters. The monoisotopic (exact) mass is 225 g/mol. The number of nitrogens with zero attached hydrogens (tertiary/aromatic N) is 1. The van der Waals surface area contributed by atoms with Crippen LogP contribution in [0.2, 0.25) is 0 Å². The van der Waals surface area contributed by atoms with Crippen molar-refractivity contribution in [2.24, 2.45) is 11.8 Å². The van der Waals surface area contributed by atoms with E-state index in [1.165, 1.54) is 12.8 Å². The van der Waals surface area contributed by atoms with Gasteiger partial charge in [0, 0.05) is 19.5 Å². The maximum atomic E-state index is 12.0. The summed E-state index contributed by atoms with van der Waals surface area (Å²) in [5.41, 5.74) is 0. The minimum atomic E-state index is 0.235. The standard InChI is InChI=1S/C13H23NO2/c1-10(2)12-9-14(7-8-16-12)13(15)6-5-11-3-4-11/h10-12H,3-9H2,1-2H3. The number of ether oxygens (including phenoxy) is 1. The zero-order chi connectivity index (χ0) is 11.5. The lowest BCUT2D eigenvalue weighted by atomic mass is 10.1. The van der Waals surface area contributed by atoms with Gasteiger partial charge in [-0.1, -0.05) is 26.7 Å². The Kier molecular flexibility index (Phi) is 3.85. The van der Waals surface area contributed by atoms with Crippen LogP contribution < -0.4 is 0 Å². The van der Waals surface area contributed by atoms with E-state index in [9.17, 15) is 4.79 Å². The van der Waals surface area contributed by atoms with Crippen molar-refractivity contribution in [1.29, 1.82) is 0 Å². The number of carbonyl (C=O) groups excluding carboxylic acids is 1. The van der Waals surface area contributed by atoms with Gasteiger partial charge in [-0.2, -0.15) is 0 Å². The van der Waals surface area contributed by atoms with E-state index in [1.807, 2.05) is 4.90 Å². The van der Waals surface area contributed by atoms with Gasteiger partial charge in [-0.3, -0.25) is 4.79 Å². The van der Waals surface area contributed by atoms with E-state index < -0.39 is 0 Å². The van der Waals surface area contributed by atoms with Crippen molar-refractivity contribution < 1.29 is 9.53 Å². The largest absolute Gasteiger partial charge is 0.374 e. The summed E-state index contributed by atoms with van der Waals surface area (Å²) in [5, 5.41) is 0. The van der Waals surface area contributed by atoms with Crippen LogP contribution in [0.15, 0.2) is 0 Å². The Morgan fingerprint density at radius 2 is 2.19 bits per heavy atom. The Morgan fingerprint density at radius 1 is 1.44 bits per heavy atom. The third-order valence-corrected chi connectivity index (χ3v) is 3.65. The van der Waals surface area contributed by atoms with Gasteiger partial charge < -0.3 is 9.64 Å². The normalized spacial score (nSPS) is 26.2. The van der Waals surface area contributed by atoms with Crippen LogP contribution in [-0.2, 0) is 9.53 Å². The van der Waals surface area contributed by atoms with Crippen LogP contribution in [-0.4, -0.2) is 36.6 Å². The molecule has 1 heterocycles. The molecule has 0 aromatic heterocycles. The quantitative estimate of drug-likeness (QED) is 0.733. The third kappa shape index (κ3) is 3.21. The fraction of sp³-hybridized carbons (Fsp3) is 0.923. The van der Waals surface area contributed by atoms with Crippen molar-refractivity contribution in [3.8, 4) is 0 Å². The second kappa shape index (κ2) is 5.17. The van der Waals surface area contributed by atoms with Gasteiger partial charge in [0.15, 0.2) is 0 Å². The smallest absolute Gasteiger partial charge is 0.222 e. The fourth-order valence-corrected chi connectivity index (χ4v) is 2.20. The lowest BCUT2D eigenvalue weighted by Crippen LogP contribution is -2.47. The number of hydrogen-bond acceptors (Lipinski definition) is 2. The van der Waals surface area contributed by atoms with Crippen LogP contribution in [0.5, 0.6) is 0 Å². The number of amides is 1. The molecule has 92 valence electrons. The van der Waals surface area contributed by atoms with E-state index in [4.69, 9.17) is 4.74 Å². The molecule has 0 bridgehead atoms. The van der Waals surface area contributed by atoms with Crippen molar-refractivity contribution in [2.45, 2.75) is 45.6 Å². The average molecular weight is 225 g/mol. The van der Waals surface area contributed by atoms with Gasteiger partial charge in [0.25, 0.3) is 0 Å². The Bertz CT molecular complexity index is 248. The van der Waals surface area contributed by atoms with Crippen molar-refractivity contribution >= 4 is 5.91 Å². The van der Waals surface area contributed by atoms with Gasteiger partial charge >= 0.3 is 0 Å². The summed E-state index contributed by atoms with van der Waals surface area (Å²) in [4.78, 5) is 14.0. The van der Waals surface area contributed by atoms with E-state index in [0.717, 1.165) is 31.8 Å². The van der Waals surface area contributed by atoms with E-state index in [0.29, 0.717) is 18.4 Å². The molecule has 1 atom stereocenters. The average Bonchev–Trinajstić information content (AvgIpc) is 3.10. The molecule has 0 aromatic rings. The molecule has 2 rings (SSSR count). The first-order valence-corrected chi connectivity index (χ1v) is 6.56. The van der Waals surface area contributed by atoms with E-state index in [-0.39, 0.29) is 6.10 Å². The molecule has 1 amide bonds. The Morgan fingerprint density at radius 3 is 2.81 bits per heavy atom. The predicted octanol–water partition coefficient (Wildman–Crippen LogP) is 2.06. The summed E-state index contributed by atoms with van der Waals surface area (Å²) in [5.74, 6) is 1.69. The molecular formula is C13H23NO2. The predicted molar refractivity (Wildman–Crippen MR) is 63.1 cm³/mol. The Labute approximate surface area is 98.1 Å². The number of morpholine rings is 1. The van der Waals surface area contributed by atoms with Crippen molar-refractivity contribution in [3.63, 3.8) is 0 Å². The van der Waals surface area contributed by atoms with E-state index >= 15 is 0 Å². The summed E-state index contributed by atoms with van der Waals surface area (Å²) in [7, 11) is 0. The first-order chi connectivity index (χ1) is 7.66. The molecule has 1 aliphatic heterocycles. The van der Waals surface area contributed by atoms with Crippen molar-refractivity contribution in [2.75, 3.05) is 19.7 Å². The summed E-state index contributed by atoms with van der Waals surface area (Å²) < 4.78 is 5.66. The molecule has 2 aliphatic rings. The molecule has 0 spiro atoms. The van der Waals surface area contributed by atoms with Gasteiger partial charge in [-0.25, -0.2) is 0 Å². The zero-order valence-corrected chi connectivity index (χ0v) is 10.4. The first kappa shape index (κ1) is 11.9. The van der Waals surface area contributed by atoms with E-state index in [1.54, 1.807) is 0 Å². The summed E-state index contributed by atoms with van der Waals surface area (Å²) in [6, 6.07) is 0. The van der Waals surface area contributed by atoms with Gasteiger partial charge in [0.1, 0.15) is 0 Å². The lowest BCUT2D eigenvalue weighted by Gasteiger charge is -2.35. The second-order valence-corrected chi connectivity index (χ2v) is 5.48. The highest BCUT2D eigenvalue weighted by molar-refractivity contribution is 5.76. The molecule has 16 heavy (non-hydrogen) atoms. The lowest BCUT2D eigenvalue weighted by molar-refractivity contribution is -0.140. The molecule has 1 aliphatic carbocycles. The minimum absolute atomic E-state index is 0.235. The third-order valence-electron chi connectivity index (χ3n) is 3.65. The maximum Gasteiger partial charge on any atom is 0.222 e. The van der Waals surface area contributed by atoms with Crippen LogP contribution in [0.3, 0.4) is 0 Å². The van der Waals surface area contributed by atoms with Crippen LogP contribution >= 0.6 is 0 Å². The Balaban J connectivity index is 1.75. The highest BCUT2D eigenvalue weighted by atomic mass is 16.5. The van der Waals surface area contributed by atoms with Crippen LogP contribution in [0.1, 0.15) is 39.5 Å². The van der Waals surface area contributed by atoms with Crippen LogP contribution in [0.4, 0.5) is 0 Å². The molecule has 3 nitrogen and oxygen atoms in total. The topological polar surface area (TPSA) is 29.5 Å². The summed E-state index contributed by atoms with van der Waals surface area (Å²) >= 11 is 0. The number of rotatable bonds is 4. The highest BCUT2D eigenvalue weighted by Crippen LogP contribution is 2.33. The first-order valence-electron chi connectivity index (χ1n) is 6.56. The van der Waals surface area contributed by atoms with Gasteiger partial charge in [-0.05, 0) is 18.3 Å². The number of hydrogen-bond donors (Lipinski definition) is 0. The summed E-state index contributed by atoms with van der Waals surface area (Å²) in [6.45, 7) is 6.59. The van der Waals surface area contributed by atoms with Crippen molar-refractivity contribution in [3.05, 3.63) is 0 Å². The molecule has 0 aromatic carbocycles. The molecule has 1 saturated carbocycles. The maximum absolute atomic E-state index is 12.0. The molecule has 3 heteroatoms. The molecule has 0 radical (unpaired) electrons. The molecule has 0 N–H and O–H groups in total. The second-order valence-electron chi connectivity index (χ2n) is 5.48. The number of carbonyl (C=O) groups is 1. The minimum Gasteiger partial charge on any atom is -0.374 e. The SMILES string of the molecule is CC(C)C1CN(C(=O)CCC2CC2)CCO1. The van der Waals surface area contributed by atoms with Gasteiger partial charge in [0.2, 0.25) is 5.91 Å². The van der Waals surface area contributed by atoms with Crippen LogP contribution in [0.25, 0.3) is 0 Å². The summed E-state index contributed by atoms with van der Waals surface area (Å²) in [6.07, 6.45) is 4.76. The van der Waals surface area contributed by atoms with Crippen LogP contribution in [0, 0.1) is 11.8 Å². The molecule has 1 saturated heterocycles. The molecular weight excluding hydrogens is 202 g/mol. The highest BCUT2D eigenvalue weighted by Gasteiger charge is 2.28.